The Morgan fingerprint density at radius 2 is 2.00 bits per heavy atom. The van der Waals surface area contributed by atoms with Crippen LogP contribution in [0.25, 0.3) is 0 Å². The average Bonchev–Trinajstić information content (AvgIpc) is 2.37. The van der Waals surface area contributed by atoms with E-state index in [0.29, 0.717) is 13.0 Å². The Morgan fingerprint density at radius 1 is 1.30 bits per heavy atom. The Morgan fingerprint density at radius 3 is 2.65 bits per heavy atom. The summed E-state index contributed by atoms with van der Waals surface area (Å²) < 4.78 is 45.2. The summed E-state index contributed by atoms with van der Waals surface area (Å²) in [5, 5.41) is 0. The fourth-order valence-corrected chi connectivity index (χ4v) is 3.05. The van der Waals surface area contributed by atoms with E-state index in [0.717, 1.165) is 18.9 Å². The number of hydrogen-bond acceptors (Lipinski definition) is 4. The van der Waals surface area contributed by atoms with E-state index < -0.39 is 20.7 Å². The Bertz CT molecular complexity index is 547. The second-order valence-corrected chi connectivity index (χ2v) is 6.34. The lowest BCUT2D eigenvalue weighted by molar-refractivity contribution is 0.192. The highest BCUT2D eigenvalue weighted by molar-refractivity contribution is 7.89. The number of anilines is 1. The number of rotatable bonds is 8. The van der Waals surface area contributed by atoms with Gasteiger partial charge in [0.15, 0.2) is 0 Å². The number of aryl methyl sites for hydroxylation is 1. The molecule has 5 nitrogen and oxygen atoms in total. The molecule has 0 bridgehead atoms. The zero-order valence-electron chi connectivity index (χ0n) is 11.8. The van der Waals surface area contributed by atoms with E-state index >= 15 is 0 Å². The molecule has 0 aliphatic carbocycles. The number of nitrogens with one attached hydrogen (secondary N) is 1. The number of halogens is 1. The summed E-state index contributed by atoms with van der Waals surface area (Å²) in [6.45, 7) is 2.39. The molecule has 0 radical (unpaired) electrons. The Balaban J connectivity index is 2.65. The summed E-state index contributed by atoms with van der Waals surface area (Å²) in [6.07, 6.45) is 2.38. The van der Waals surface area contributed by atoms with Gasteiger partial charge in [-0.1, -0.05) is 0 Å². The largest absolute Gasteiger partial charge is 0.399 e. The summed E-state index contributed by atoms with van der Waals surface area (Å²) in [5.74, 6) is -0.758. The van der Waals surface area contributed by atoms with Gasteiger partial charge in [-0.05, 0) is 43.9 Å². The van der Waals surface area contributed by atoms with Crippen LogP contribution in [0.3, 0.4) is 0 Å². The van der Waals surface area contributed by atoms with Crippen molar-refractivity contribution in [2.45, 2.75) is 31.1 Å². The molecule has 0 aromatic heterocycles. The zero-order valence-corrected chi connectivity index (χ0v) is 12.6. The number of nitrogen functional groups attached to an aromatic ring is 1. The molecule has 1 aromatic rings. The normalized spacial score (nSPS) is 11.8. The Hall–Kier alpha value is -1.18. The first-order chi connectivity index (χ1) is 9.38. The highest BCUT2D eigenvalue weighted by Gasteiger charge is 2.20. The predicted molar refractivity (Wildman–Crippen MR) is 76.5 cm³/mol. The standard InChI is InChI=1S/C13H21FN2O3S/c1-10-8-11(15)9-12(13(10)14)20(17,18)16-6-4-3-5-7-19-2/h8-9,16H,3-7,15H2,1-2H3. The van der Waals surface area contributed by atoms with Crippen molar-refractivity contribution in [1.29, 1.82) is 0 Å². The number of methoxy groups -OCH3 is 1. The quantitative estimate of drug-likeness (QED) is 0.567. The molecular formula is C13H21FN2O3S. The molecule has 0 spiro atoms. The monoisotopic (exact) mass is 304 g/mol. The maximum absolute atomic E-state index is 13.9. The first-order valence-corrected chi connectivity index (χ1v) is 7.91. The maximum atomic E-state index is 13.9. The van der Waals surface area contributed by atoms with Crippen molar-refractivity contribution in [3.8, 4) is 0 Å². The lowest BCUT2D eigenvalue weighted by atomic mass is 10.2. The fourth-order valence-electron chi connectivity index (χ4n) is 1.79. The number of sulfonamides is 1. The van der Waals surface area contributed by atoms with Crippen LogP contribution in [0.1, 0.15) is 24.8 Å². The smallest absolute Gasteiger partial charge is 0.243 e. The summed E-state index contributed by atoms with van der Waals surface area (Å²) >= 11 is 0. The minimum absolute atomic E-state index is 0.213. The highest BCUT2D eigenvalue weighted by atomic mass is 32.2. The van der Waals surface area contributed by atoms with E-state index in [2.05, 4.69) is 4.72 Å². The molecule has 0 aliphatic heterocycles. The summed E-state index contributed by atoms with van der Waals surface area (Å²) in [4.78, 5) is -0.396. The van der Waals surface area contributed by atoms with Gasteiger partial charge in [0.2, 0.25) is 10.0 Å². The topological polar surface area (TPSA) is 81.4 Å². The van der Waals surface area contributed by atoms with Crippen LogP contribution in [0.15, 0.2) is 17.0 Å². The van der Waals surface area contributed by atoms with Crippen molar-refractivity contribution in [2.24, 2.45) is 0 Å². The van der Waals surface area contributed by atoms with E-state index in [9.17, 15) is 12.8 Å². The molecular weight excluding hydrogens is 283 g/mol. The van der Waals surface area contributed by atoms with Crippen molar-refractivity contribution < 1.29 is 17.5 Å². The molecule has 7 heteroatoms. The van der Waals surface area contributed by atoms with Gasteiger partial charge in [-0.25, -0.2) is 17.5 Å². The second kappa shape index (κ2) is 7.56. The van der Waals surface area contributed by atoms with Crippen molar-refractivity contribution in [3.05, 3.63) is 23.5 Å². The molecule has 114 valence electrons. The third-order valence-corrected chi connectivity index (χ3v) is 4.31. The lowest BCUT2D eigenvalue weighted by Gasteiger charge is -2.10. The molecule has 0 fully saturated rings. The molecule has 0 saturated carbocycles. The molecule has 20 heavy (non-hydrogen) atoms. The SMILES string of the molecule is COCCCCCNS(=O)(=O)c1cc(N)cc(C)c1F. The van der Waals surface area contributed by atoms with Gasteiger partial charge in [0.25, 0.3) is 0 Å². The van der Waals surface area contributed by atoms with Crippen molar-refractivity contribution in [1.82, 2.24) is 4.72 Å². The molecule has 0 aliphatic rings. The van der Waals surface area contributed by atoms with E-state index in [1.165, 1.54) is 13.0 Å². The van der Waals surface area contributed by atoms with Crippen LogP contribution in [0, 0.1) is 12.7 Å². The Labute approximate surface area is 119 Å². The van der Waals surface area contributed by atoms with Crippen molar-refractivity contribution in [3.63, 3.8) is 0 Å². The Kier molecular flexibility index (Phi) is 6.38. The van der Waals surface area contributed by atoms with Crippen LogP contribution in [-0.4, -0.2) is 28.7 Å². The molecule has 1 rings (SSSR count). The number of unbranched alkanes of at least 4 members (excludes halogenated alkanes) is 2. The minimum atomic E-state index is -3.86. The summed E-state index contributed by atoms with van der Waals surface area (Å²) in [7, 11) is -2.25. The molecule has 3 N–H and O–H groups in total. The number of benzene rings is 1. The molecule has 0 unspecified atom stereocenters. The van der Waals surface area contributed by atoms with Crippen LogP contribution in [0.4, 0.5) is 10.1 Å². The van der Waals surface area contributed by atoms with Gasteiger partial charge in [-0.2, -0.15) is 0 Å². The molecule has 0 amide bonds. The van der Waals surface area contributed by atoms with Gasteiger partial charge in [0, 0.05) is 25.9 Å². The van der Waals surface area contributed by atoms with Crippen LogP contribution in [0.2, 0.25) is 0 Å². The zero-order chi connectivity index (χ0) is 15.2. The van der Waals surface area contributed by atoms with E-state index in [1.807, 2.05) is 0 Å². The van der Waals surface area contributed by atoms with Gasteiger partial charge in [-0.3, -0.25) is 0 Å². The van der Waals surface area contributed by atoms with Crippen LogP contribution >= 0.6 is 0 Å². The average molecular weight is 304 g/mol. The molecule has 0 heterocycles. The van der Waals surface area contributed by atoms with E-state index in [1.54, 1.807) is 7.11 Å². The first kappa shape index (κ1) is 16.9. The molecule has 1 aromatic carbocycles. The highest BCUT2D eigenvalue weighted by Crippen LogP contribution is 2.21. The van der Waals surface area contributed by atoms with Gasteiger partial charge in [0.1, 0.15) is 10.7 Å². The predicted octanol–water partition coefficient (Wildman–Crippen LogP) is 1.81. The summed E-state index contributed by atoms with van der Waals surface area (Å²) in [5.41, 5.74) is 6.00. The number of nitrogens with two attached hydrogens (primary N) is 1. The van der Waals surface area contributed by atoms with Crippen molar-refractivity contribution in [2.75, 3.05) is 26.0 Å². The third-order valence-electron chi connectivity index (χ3n) is 2.85. The van der Waals surface area contributed by atoms with E-state index in [-0.39, 0.29) is 17.8 Å². The summed E-state index contributed by atoms with van der Waals surface area (Å²) in [6, 6.07) is 2.54. The molecule has 0 atom stereocenters. The lowest BCUT2D eigenvalue weighted by Crippen LogP contribution is -2.26. The first-order valence-electron chi connectivity index (χ1n) is 6.42. The van der Waals surface area contributed by atoms with Gasteiger partial charge < -0.3 is 10.5 Å². The fraction of sp³-hybridized carbons (Fsp3) is 0.538. The van der Waals surface area contributed by atoms with E-state index in [4.69, 9.17) is 10.5 Å². The third kappa shape index (κ3) is 4.73. The van der Waals surface area contributed by atoms with Crippen LogP contribution < -0.4 is 10.5 Å². The van der Waals surface area contributed by atoms with Gasteiger partial charge in [0.05, 0.1) is 0 Å². The second-order valence-electron chi connectivity index (χ2n) is 4.60. The van der Waals surface area contributed by atoms with Gasteiger partial charge in [-0.15, -0.1) is 0 Å². The van der Waals surface area contributed by atoms with Crippen LogP contribution in [0.5, 0.6) is 0 Å². The number of ether oxygens (including phenoxy) is 1. The van der Waals surface area contributed by atoms with Crippen molar-refractivity contribution >= 4 is 15.7 Å². The molecule has 0 saturated heterocycles. The maximum Gasteiger partial charge on any atom is 0.243 e. The minimum Gasteiger partial charge on any atom is -0.399 e. The van der Waals surface area contributed by atoms with Crippen LogP contribution in [-0.2, 0) is 14.8 Å². The van der Waals surface area contributed by atoms with Gasteiger partial charge >= 0.3 is 0 Å². The number of hydrogen-bond donors (Lipinski definition) is 2.